The van der Waals surface area contributed by atoms with Crippen LogP contribution in [0.15, 0.2) is 91.1 Å². The molecule has 0 aliphatic carbocycles. The summed E-state index contributed by atoms with van der Waals surface area (Å²) < 4.78 is 2.65. The van der Waals surface area contributed by atoms with E-state index in [4.69, 9.17) is 33.4 Å². The van der Waals surface area contributed by atoms with E-state index in [1.165, 1.54) is 27.7 Å². The molecule has 2 heterocycles. The first-order valence-electron chi connectivity index (χ1n) is 42.3. The van der Waals surface area contributed by atoms with E-state index in [0.29, 0.717) is 46.2 Å². The maximum Gasteiger partial charge on any atom is 0.312 e. The third-order valence-electron chi connectivity index (χ3n) is 22.0. The molecule has 1 fully saturated rings. The molecule has 1 aliphatic heterocycles. The molecule has 1 unspecified atom stereocenters. The summed E-state index contributed by atoms with van der Waals surface area (Å²) in [7, 11) is 1.85. The number of hydrogen-bond donors (Lipinski definition) is 19. The lowest BCUT2D eigenvalue weighted by Crippen LogP contribution is -2.63. The van der Waals surface area contributed by atoms with Crippen LogP contribution in [0.1, 0.15) is 168 Å². The van der Waals surface area contributed by atoms with E-state index in [9.17, 15) is 63.0 Å². The van der Waals surface area contributed by atoms with Crippen molar-refractivity contribution in [3.05, 3.63) is 113 Å². The van der Waals surface area contributed by atoms with E-state index in [0.717, 1.165) is 58.7 Å². The molecule has 1 aliphatic rings. The zero-order valence-electron chi connectivity index (χ0n) is 73.6. The van der Waals surface area contributed by atoms with Gasteiger partial charge < -0.3 is 107 Å². The number of ketones is 4. The highest BCUT2D eigenvalue weighted by Gasteiger charge is 2.47. The molecule has 6 rings (SSSR count). The minimum atomic E-state index is -1.93. The molecule has 0 spiro atoms. The first kappa shape index (κ1) is 104. The molecular formula is C88H125N17O20S2. The summed E-state index contributed by atoms with van der Waals surface area (Å²) in [4.78, 5) is 246. The number of aliphatic hydroxyl groups excluding tert-OH is 2. The SMILES string of the molecule is CC(=O)NCCCC[C@H](NC(=O)[C@](C)(CCCCN)CC(=O)[C@H](Cc1ccc2ccccc2c1)NC(=O)[C@@H](CC(=O)[C@H]1NC(=O)[C@H](CCCNC(N)=O)NC(=O)[C@H](Cc2c[nH]c3c(C)cccc23)NC(=O)[C@H]([C@@H](C)O)NC(=O)[C@H](CC(N)=O)NC(=O)[C@@H](NC(C)=O)C(C)(C)SSC1(C)C)Cc1ccc(OCCN)cc1)C(=O)C[C@@H](CC(N)=O)C(=O)NC(CO)C(C)=O. The van der Waals surface area contributed by atoms with Crippen molar-refractivity contribution < 1.29 is 96.5 Å². The van der Waals surface area contributed by atoms with Crippen molar-refractivity contribution in [3.63, 3.8) is 0 Å². The molecule has 24 N–H and O–H groups in total. The molecule has 14 amide bonds. The number of Topliss-reactive ketones (excluding diaryl/α,β-unsaturated/α-hetero) is 4. The van der Waals surface area contributed by atoms with Gasteiger partial charge in [0.1, 0.15) is 54.6 Å². The number of para-hydroxylation sites is 1. The number of aromatic amines is 1. The van der Waals surface area contributed by atoms with E-state index >= 15 is 28.8 Å². The number of aliphatic hydroxyl groups is 2. The van der Waals surface area contributed by atoms with Crippen molar-refractivity contribution in [1.29, 1.82) is 0 Å². The summed E-state index contributed by atoms with van der Waals surface area (Å²) in [6, 6.07) is 8.72. The topological polar surface area (TPSA) is 618 Å². The Morgan fingerprint density at radius 3 is 1.86 bits per heavy atom. The van der Waals surface area contributed by atoms with Gasteiger partial charge in [-0.05, 0) is 158 Å². The number of carbonyl (C=O) groups is 17. The van der Waals surface area contributed by atoms with Gasteiger partial charge in [-0.15, -0.1) is 0 Å². The van der Waals surface area contributed by atoms with E-state index < -0.39 is 220 Å². The van der Waals surface area contributed by atoms with Crippen LogP contribution in [0.5, 0.6) is 5.75 Å². The van der Waals surface area contributed by atoms with Crippen LogP contribution in [0, 0.1) is 24.2 Å². The number of amides is 14. The molecule has 4 aromatic carbocycles. The molecule has 127 heavy (non-hydrogen) atoms. The second kappa shape index (κ2) is 49.7. The summed E-state index contributed by atoms with van der Waals surface area (Å²) in [5.74, 6) is -16.9. The van der Waals surface area contributed by atoms with Gasteiger partial charge in [-0.25, -0.2) is 4.79 Å². The zero-order valence-corrected chi connectivity index (χ0v) is 75.2. The Labute approximate surface area is 745 Å². The van der Waals surface area contributed by atoms with Crippen LogP contribution in [0.25, 0.3) is 21.7 Å². The Kier molecular flexibility index (Phi) is 40.8. The number of aromatic nitrogens is 1. The third kappa shape index (κ3) is 32.8. The Morgan fingerprint density at radius 2 is 1.23 bits per heavy atom. The maximum absolute atomic E-state index is 16.4. The highest BCUT2D eigenvalue weighted by atomic mass is 33.1. The number of ether oxygens (including phenoxy) is 1. The van der Waals surface area contributed by atoms with Crippen molar-refractivity contribution in [2.75, 3.05) is 39.4 Å². The lowest BCUT2D eigenvalue weighted by atomic mass is 9.77. The van der Waals surface area contributed by atoms with Gasteiger partial charge in [-0.2, -0.15) is 0 Å². The standard InChI is InChI=1S/C88H125N17O20S2/c1-48-19-17-22-61-59(46-96-73(48)61)40-65-80(119)98-63(24-18-35-95-85(93)124)79(118)105-75(86(6,7)126-127-87(8,9)76(97-52(5)110)83(122)101-66(44-72(92)115)81(120)104-74(50(3)108)82(121)100-65)69(112)42-57(37-53-26-29-60(30-27-53)125-36-33-90)77(116)99-64(39-54-25-28-55-20-11-12-21-56(55)38-54)70(113)45-88(10,31-14-15-32-89)84(123)103-62(23-13-16-34-94-51(4)109)68(111)41-58(43-71(91)114)78(117)102-67(47-106)49(2)107/h11-12,17,19-22,25-30,38,46,50,57-58,62-67,74-76,96,106,108H,13-16,18,23-24,31-37,39-45,47,89-90H2,1-10H3,(H2,91,114)(H2,92,115)(H,94,109)(H,97,110)(H,98,119)(H,99,116)(H,100,121)(H,101,122)(H,102,117)(H,103,123)(H,104,120)(H,105,118)(H3,93,95,124)/t50-,57-,58+,62+,63+,64+,65+,66+,67?,74+,75-,76-,88-/m1/s1. The normalized spacial score (nSPS) is 19.5. The Balaban J connectivity index is 1.54. The van der Waals surface area contributed by atoms with Crippen molar-refractivity contribution in [2.45, 2.75) is 242 Å². The third-order valence-corrected chi connectivity index (χ3v) is 26.2. The van der Waals surface area contributed by atoms with Crippen molar-refractivity contribution in [1.82, 2.24) is 63.5 Å². The van der Waals surface area contributed by atoms with E-state index in [2.05, 4.69) is 63.5 Å². The Bertz CT molecular complexity index is 4760. The summed E-state index contributed by atoms with van der Waals surface area (Å²) in [5.41, 5.74) is 29.7. The van der Waals surface area contributed by atoms with Gasteiger partial charge in [0.25, 0.3) is 0 Å². The number of H-pyrrole nitrogens is 1. The highest BCUT2D eigenvalue weighted by molar-refractivity contribution is 8.77. The number of primary amides is 3. The molecule has 1 aromatic heterocycles. The van der Waals surface area contributed by atoms with Gasteiger partial charge in [0.05, 0.1) is 42.5 Å². The first-order valence-corrected chi connectivity index (χ1v) is 44.5. The van der Waals surface area contributed by atoms with E-state index in [-0.39, 0.29) is 96.5 Å². The largest absolute Gasteiger partial charge is 0.492 e. The fraction of sp³-hybridized carbons (Fsp3) is 0.534. The lowest BCUT2D eigenvalue weighted by molar-refractivity contribution is -0.140. The summed E-state index contributed by atoms with van der Waals surface area (Å²) >= 11 is 0. The molecule has 37 nitrogen and oxygen atoms in total. The number of benzene rings is 4. The number of urea groups is 1. The molecule has 0 radical (unpaired) electrons. The number of carbonyl (C=O) groups excluding carboxylic acids is 17. The number of nitrogens with one attached hydrogen (secondary N) is 12. The zero-order chi connectivity index (χ0) is 94.2. The number of fused-ring (bicyclic) bond motifs is 2. The maximum atomic E-state index is 16.4. The summed E-state index contributed by atoms with van der Waals surface area (Å²) in [5, 5.41) is 52.4. The van der Waals surface area contributed by atoms with Gasteiger partial charge in [-0.1, -0.05) is 108 Å². The fourth-order valence-corrected chi connectivity index (χ4v) is 17.6. The van der Waals surface area contributed by atoms with Gasteiger partial charge >= 0.3 is 6.03 Å². The summed E-state index contributed by atoms with van der Waals surface area (Å²) in [6.45, 7) is 13.8. The average Bonchev–Trinajstić information content (AvgIpc) is 1.56. The van der Waals surface area contributed by atoms with Crippen LogP contribution in [0.4, 0.5) is 4.79 Å². The van der Waals surface area contributed by atoms with Gasteiger partial charge in [0.2, 0.25) is 70.9 Å². The number of unbranched alkanes of at least 4 members (excludes halogenated alkanes) is 2. The Morgan fingerprint density at radius 1 is 0.598 bits per heavy atom. The second-order valence-corrected chi connectivity index (χ2v) is 37.1. The summed E-state index contributed by atoms with van der Waals surface area (Å²) in [6.07, 6.45) is -4.08. The second-order valence-electron chi connectivity index (χ2n) is 33.6. The van der Waals surface area contributed by atoms with Crippen molar-refractivity contribution in [2.24, 2.45) is 45.9 Å². The molecular weight excluding hydrogens is 1680 g/mol. The molecule has 39 heteroatoms. The lowest BCUT2D eigenvalue weighted by Gasteiger charge is -2.39. The first-order chi connectivity index (χ1) is 59.9. The number of rotatable bonds is 45. The van der Waals surface area contributed by atoms with Gasteiger partial charge in [0.15, 0.2) is 23.1 Å². The Hall–Kier alpha value is -11.4. The molecule has 694 valence electrons. The van der Waals surface area contributed by atoms with Gasteiger partial charge in [-0.3, -0.25) is 76.7 Å². The number of nitrogens with two attached hydrogens (primary N) is 5. The van der Waals surface area contributed by atoms with Crippen molar-refractivity contribution in [3.8, 4) is 5.75 Å². The smallest absolute Gasteiger partial charge is 0.312 e. The fourth-order valence-electron chi connectivity index (χ4n) is 14.8. The van der Waals surface area contributed by atoms with Crippen molar-refractivity contribution >= 4 is 143 Å². The molecule has 1 saturated heterocycles. The molecule has 0 bridgehead atoms. The minimum absolute atomic E-state index is 0.0427. The minimum Gasteiger partial charge on any atom is -0.492 e. The van der Waals surface area contributed by atoms with E-state index in [1.807, 2.05) is 43.3 Å². The quantitative estimate of drug-likeness (QED) is 0.0191. The van der Waals surface area contributed by atoms with Gasteiger partial charge in [0, 0.05) is 98.1 Å². The molecule has 13 atom stereocenters. The van der Waals surface area contributed by atoms with Crippen LogP contribution in [-0.4, -0.2) is 225 Å². The van der Waals surface area contributed by atoms with E-state index in [1.54, 1.807) is 68.6 Å². The van der Waals surface area contributed by atoms with Crippen LogP contribution in [0.3, 0.4) is 0 Å². The number of aryl methyl sites for hydroxylation is 1. The highest BCUT2D eigenvalue weighted by Crippen LogP contribution is 2.47. The molecule has 0 saturated carbocycles. The monoisotopic (exact) mass is 1800 g/mol. The van der Waals surface area contributed by atoms with Crippen LogP contribution in [-0.2, 0) is 96.0 Å². The number of hydrogen-bond acceptors (Lipinski definition) is 24. The average molecular weight is 1810 g/mol. The van der Waals surface area contributed by atoms with Crippen LogP contribution < -0.4 is 91.9 Å². The molecule has 5 aromatic rings. The predicted molar refractivity (Wildman–Crippen MR) is 479 cm³/mol. The van der Waals surface area contributed by atoms with Crippen LogP contribution in [0.2, 0.25) is 0 Å². The van der Waals surface area contributed by atoms with Crippen LogP contribution >= 0.6 is 21.6 Å². The predicted octanol–water partition coefficient (Wildman–Crippen LogP) is 1.04.